The number of nitrogens with zero attached hydrogens (tertiary/aromatic N) is 1. The Kier molecular flexibility index (Phi) is 3.32. The summed E-state index contributed by atoms with van der Waals surface area (Å²) in [6.07, 6.45) is 0.334. The fourth-order valence-electron chi connectivity index (χ4n) is 1.87. The van der Waals surface area contributed by atoms with Crippen molar-refractivity contribution in [1.82, 2.24) is 4.98 Å². The Morgan fingerprint density at radius 1 is 1.11 bits per heavy atom. The van der Waals surface area contributed by atoms with E-state index in [0.717, 1.165) is 15.2 Å². The lowest BCUT2D eigenvalue weighted by Gasteiger charge is -1.98. The Hall–Kier alpha value is -1.71. The van der Waals surface area contributed by atoms with Crippen LogP contribution in [0.2, 0.25) is 5.02 Å². The van der Waals surface area contributed by atoms with Crippen LogP contribution in [0.5, 0.6) is 0 Å². The van der Waals surface area contributed by atoms with E-state index in [0.29, 0.717) is 17.0 Å². The van der Waals surface area contributed by atoms with Crippen LogP contribution in [0.3, 0.4) is 0 Å². The average molecular weight is 288 g/mol. The molecule has 1 heterocycles. The first-order valence-electron chi connectivity index (χ1n) is 5.85. The minimum atomic E-state index is 0.0655. The SMILES string of the molecule is O=C(Cc1nc2ccccc2s1)c1ccc(Cl)cc1. The third-order valence-electron chi connectivity index (χ3n) is 2.82. The van der Waals surface area contributed by atoms with Gasteiger partial charge in [0.15, 0.2) is 5.78 Å². The predicted molar refractivity (Wildman–Crippen MR) is 79.1 cm³/mol. The molecule has 0 bridgehead atoms. The van der Waals surface area contributed by atoms with Gasteiger partial charge in [-0.3, -0.25) is 4.79 Å². The second-order valence-electron chi connectivity index (χ2n) is 4.18. The number of benzene rings is 2. The highest BCUT2D eigenvalue weighted by Crippen LogP contribution is 2.22. The summed E-state index contributed by atoms with van der Waals surface area (Å²) in [6.45, 7) is 0. The zero-order chi connectivity index (χ0) is 13.2. The zero-order valence-corrected chi connectivity index (χ0v) is 11.5. The van der Waals surface area contributed by atoms with Crippen LogP contribution in [0.15, 0.2) is 48.5 Å². The molecule has 0 amide bonds. The van der Waals surface area contributed by atoms with Crippen LogP contribution in [0.4, 0.5) is 0 Å². The van der Waals surface area contributed by atoms with Gasteiger partial charge >= 0.3 is 0 Å². The third kappa shape index (κ3) is 2.67. The molecule has 0 saturated heterocycles. The Morgan fingerprint density at radius 3 is 2.58 bits per heavy atom. The number of hydrogen-bond acceptors (Lipinski definition) is 3. The van der Waals surface area contributed by atoms with Crippen LogP contribution in [-0.2, 0) is 6.42 Å². The molecule has 19 heavy (non-hydrogen) atoms. The highest BCUT2D eigenvalue weighted by molar-refractivity contribution is 7.18. The van der Waals surface area contributed by atoms with Crippen LogP contribution in [0.1, 0.15) is 15.4 Å². The summed E-state index contributed by atoms with van der Waals surface area (Å²) >= 11 is 7.37. The number of carbonyl (C=O) groups excluding carboxylic acids is 1. The van der Waals surface area contributed by atoms with E-state index >= 15 is 0 Å². The molecule has 2 nitrogen and oxygen atoms in total. The van der Waals surface area contributed by atoms with Gasteiger partial charge in [-0.05, 0) is 36.4 Å². The minimum absolute atomic E-state index is 0.0655. The molecule has 1 aromatic heterocycles. The van der Waals surface area contributed by atoms with Crippen molar-refractivity contribution in [2.24, 2.45) is 0 Å². The van der Waals surface area contributed by atoms with E-state index in [1.807, 2.05) is 24.3 Å². The van der Waals surface area contributed by atoms with E-state index in [2.05, 4.69) is 4.98 Å². The largest absolute Gasteiger partial charge is 0.294 e. The lowest BCUT2D eigenvalue weighted by molar-refractivity contribution is 0.0993. The molecule has 2 aromatic carbocycles. The normalized spacial score (nSPS) is 10.8. The number of Topliss-reactive ketones (excluding diaryl/α,β-unsaturated/α-hetero) is 1. The topological polar surface area (TPSA) is 30.0 Å². The molecule has 0 spiro atoms. The maximum Gasteiger partial charge on any atom is 0.169 e. The standard InChI is InChI=1S/C15H10ClNOS/c16-11-7-5-10(6-8-11)13(18)9-15-17-12-3-1-2-4-14(12)19-15/h1-8H,9H2. The van der Waals surface area contributed by atoms with Gasteiger partial charge in [0.2, 0.25) is 0 Å². The van der Waals surface area contributed by atoms with Crippen molar-refractivity contribution in [3.63, 3.8) is 0 Å². The first kappa shape index (κ1) is 12.3. The quantitative estimate of drug-likeness (QED) is 0.669. The molecule has 4 heteroatoms. The van der Waals surface area contributed by atoms with Crippen molar-refractivity contribution in [1.29, 1.82) is 0 Å². The molecule has 0 saturated carbocycles. The van der Waals surface area contributed by atoms with Crippen molar-refractivity contribution in [2.75, 3.05) is 0 Å². The van der Waals surface area contributed by atoms with Crippen LogP contribution in [-0.4, -0.2) is 10.8 Å². The average Bonchev–Trinajstić information content (AvgIpc) is 2.81. The Bertz CT molecular complexity index is 700. The second kappa shape index (κ2) is 5.11. The summed E-state index contributed by atoms with van der Waals surface area (Å²) in [6, 6.07) is 14.9. The molecular weight excluding hydrogens is 278 g/mol. The Balaban J connectivity index is 1.84. The molecule has 0 N–H and O–H groups in total. The monoisotopic (exact) mass is 287 g/mol. The van der Waals surface area contributed by atoms with Gasteiger partial charge in [-0.1, -0.05) is 23.7 Å². The van der Waals surface area contributed by atoms with Crippen molar-refractivity contribution in [3.05, 3.63) is 64.1 Å². The summed E-state index contributed by atoms with van der Waals surface area (Å²) in [5.41, 5.74) is 1.62. The molecule has 0 fully saturated rings. The molecule has 94 valence electrons. The van der Waals surface area contributed by atoms with Gasteiger partial charge in [-0.25, -0.2) is 4.98 Å². The lowest BCUT2D eigenvalue weighted by atomic mass is 10.1. The number of para-hydroxylation sites is 1. The first-order chi connectivity index (χ1) is 9.22. The summed E-state index contributed by atoms with van der Waals surface area (Å²) < 4.78 is 1.11. The summed E-state index contributed by atoms with van der Waals surface area (Å²) in [5.74, 6) is 0.0655. The van der Waals surface area contributed by atoms with E-state index in [-0.39, 0.29) is 5.78 Å². The highest BCUT2D eigenvalue weighted by atomic mass is 35.5. The predicted octanol–water partition coefficient (Wildman–Crippen LogP) is 4.38. The number of halogens is 1. The molecule has 3 aromatic rings. The summed E-state index contributed by atoms with van der Waals surface area (Å²) in [5, 5.41) is 1.48. The molecule has 0 radical (unpaired) electrons. The molecule has 0 unspecified atom stereocenters. The van der Waals surface area contributed by atoms with E-state index < -0.39 is 0 Å². The van der Waals surface area contributed by atoms with Crippen molar-refractivity contribution >= 4 is 38.9 Å². The molecule has 0 atom stereocenters. The molecule has 0 aliphatic rings. The van der Waals surface area contributed by atoms with Crippen LogP contribution in [0, 0.1) is 0 Å². The lowest BCUT2D eigenvalue weighted by Crippen LogP contribution is -2.02. The number of thiazole rings is 1. The van der Waals surface area contributed by atoms with Crippen molar-refractivity contribution in [3.8, 4) is 0 Å². The molecular formula is C15H10ClNOS. The Labute approximate surface area is 119 Å². The van der Waals surface area contributed by atoms with Gasteiger partial charge in [0.25, 0.3) is 0 Å². The van der Waals surface area contributed by atoms with Gasteiger partial charge in [0.1, 0.15) is 5.01 Å². The fraction of sp³-hybridized carbons (Fsp3) is 0.0667. The van der Waals surface area contributed by atoms with Crippen LogP contribution in [0.25, 0.3) is 10.2 Å². The summed E-state index contributed by atoms with van der Waals surface area (Å²) in [7, 11) is 0. The fourth-order valence-corrected chi connectivity index (χ4v) is 2.96. The first-order valence-corrected chi connectivity index (χ1v) is 7.05. The van der Waals surface area contributed by atoms with E-state index in [1.165, 1.54) is 0 Å². The van der Waals surface area contributed by atoms with Gasteiger partial charge in [-0.15, -0.1) is 11.3 Å². The number of ketones is 1. The number of aromatic nitrogens is 1. The van der Waals surface area contributed by atoms with Crippen molar-refractivity contribution in [2.45, 2.75) is 6.42 Å². The number of hydrogen-bond donors (Lipinski definition) is 0. The van der Waals surface area contributed by atoms with Crippen LogP contribution < -0.4 is 0 Å². The summed E-state index contributed by atoms with van der Waals surface area (Å²) in [4.78, 5) is 16.6. The van der Waals surface area contributed by atoms with Crippen LogP contribution >= 0.6 is 22.9 Å². The van der Waals surface area contributed by atoms with Gasteiger partial charge in [0.05, 0.1) is 16.6 Å². The number of carbonyl (C=O) groups is 1. The molecule has 0 aliphatic heterocycles. The smallest absolute Gasteiger partial charge is 0.169 e. The number of fused-ring (bicyclic) bond motifs is 1. The Morgan fingerprint density at radius 2 is 1.84 bits per heavy atom. The highest BCUT2D eigenvalue weighted by Gasteiger charge is 2.10. The minimum Gasteiger partial charge on any atom is -0.294 e. The van der Waals surface area contributed by atoms with Gasteiger partial charge in [0, 0.05) is 10.6 Å². The molecule has 0 aliphatic carbocycles. The molecule has 3 rings (SSSR count). The van der Waals surface area contributed by atoms with Gasteiger partial charge < -0.3 is 0 Å². The maximum absolute atomic E-state index is 12.1. The third-order valence-corrected chi connectivity index (χ3v) is 4.10. The second-order valence-corrected chi connectivity index (χ2v) is 5.73. The van der Waals surface area contributed by atoms with E-state index in [4.69, 9.17) is 11.6 Å². The zero-order valence-electron chi connectivity index (χ0n) is 9.97. The van der Waals surface area contributed by atoms with E-state index in [9.17, 15) is 4.79 Å². The van der Waals surface area contributed by atoms with Gasteiger partial charge in [-0.2, -0.15) is 0 Å². The number of rotatable bonds is 3. The van der Waals surface area contributed by atoms with E-state index in [1.54, 1.807) is 35.6 Å². The maximum atomic E-state index is 12.1. The van der Waals surface area contributed by atoms with Crippen molar-refractivity contribution < 1.29 is 4.79 Å².